The molecule has 0 amide bonds. The summed E-state index contributed by atoms with van der Waals surface area (Å²) in [7, 11) is 0. The summed E-state index contributed by atoms with van der Waals surface area (Å²) in [5.74, 6) is 0.621. The summed E-state index contributed by atoms with van der Waals surface area (Å²) in [5.41, 5.74) is 6.19. The van der Waals surface area contributed by atoms with Crippen molar-refractivity contribution in [2.24, 2.45) is 0 Å². The molecule has 0 atom stereocenters. The van der Waals surface area contributed by atoms with Crippen LogP contribution in [-0.4, -0.2) is 31.4 Å². The molecule has 1 aliphatic rings. The predicted octanol–water partition coefficient (Wildman–Crippen LogP) is 2.34. The van der Waals surface area contributed by atoms with E-state index in [2.05, 4.69) is 44.7 Å². The standard InChI is InChI=1S/C19H21N5O/c1-12-9-13(2)21-17(12)11-24-8-5-16-15(10-24)19(25)23-18(22-16)14-3-6-20-7-4-14/h3-4,6-7,9,21H,5,8,10-11H2,1-2H3,(H,22,23,25). The van der Waals surface area contributed by atoms with E-state index in [-0.39, 0.29) is 5.56 Å². The Labute approximate surface area is 146 Å². The van der Waals surface area contributed by atoms with Gasteiger partial charge < -0.3 is 9.97 Å². The van der Waals surface area contributed by atoms with Gasteiger partial charge in [-0.2, -0.15) is 0 Å². The Morgan fingerprint density at radius 2 is 2.00 bits per heavy atom. The van der Waals surface area contributed by atoms with Gasteiger partial charge in [0, 0.05) is 55.4 Å². The molecule has 128 valence electrons. The average Bonchev–Trinajstić information content (AvgIpc) is 2.93. The second-order valence-corrected chi connectivity index (χ2v) is 6.65. The maximum Gasteiger partial charge on any atom is 0.255 e. The van der Waals surface area contributed by atoms with E-state index in [4.69, 9.17) is 0 Å². The molecule has 4 rings (SSSR count). The molecule has 0 saturated heterocycles. The van der Waals surface area contributed by atoms with Gasteiger partial charge in [-0.1, -0.05) is 0 Å². The van der Waals surface area contributed by atoms with Crippen LogP contribution in [0.25, 0.3) is 11.4 Å². The van der Waals surface area contributed by atoms with Crippen LogP contribution in [0.3, 0.4) is 0 Å². The van der Waals surface area contributed by atoms with E-state index in [0.717, 1.165) is 36.3 Å². The van der Waals surface area contributed by atoms with Gasteiger partial charge in [0.2, 0.25) is 0 Å². The van der Waals surface area contributed by atoms with Crippen molar-refractivity contribution in [2.45, 2.75) is 33.4 Å². The van der Waals surface area contributed by atoms with Crippen LogP contribution in [0.5, 0.6) is 0 Å². The van der Waals surface area contributed by atoms with Crippen molar-refractivity contribution >= 4 is 0 Å². The third kappa shape index (κ3) is 3.13. The SMILES string of the molecule is Cc1cc(C)c(CN2CCc3nc(-c4ccncc4)[nH]c(=O)c3C2)[nH]1. The van der Waals surface area contributed by atoms with Gasteiger partial charge in [-0.25, -0.2) is 4.98 Å². The third-order valence-electron chi connectivity index (χ3n) is 4.74. The van der Waals surface area contributed by atoms with E-state index >= 15 is 0 Å². The third-order valence-corrected chi connectivity index (χ3v) is 4.74. The number of aromatic amines is 2. The average molecular weight is 335 g/mol. The van der Waals surface area contributed by atoms with Crippen LogP contribution < -0.4 is 5.56 Å². The molecule has 0 aromatic carbocycles. The second-order valence-electron chi connectivity index (χ2n) is 6.65. The normalized spacial score (nSPS) is 14.5. The molecule has 0 saturated carbocycles. The van der Waals surface area contributed by atoms with Crippen molar-refractivity contribution in [3.05, 3.63) is 69.2 Å². The zero-order chi connectivity index (χ0) is 17.4. The van der Waals surface area contributed by atoms with Crippen LogP contribution in [0, 0.1) is 13.8 Å². The second kappa shape index (κ2) is 6.29. The first kappa shape index (κ1) is 15.8. The fourth-order valence-corrected chi connectivity index (χ4v) is 3.43. The minimum atomic E-state index is -0.0408. The number of nitrogens with one attached hydrogen (secondary N) is 2. The molecule has 3 aromatic heterocycles. The van der Waals surface area contributed by atoms with Crippen LogP contribution in [0.15, 0.2) is 35.4 Å². The fourth-order valence-electron chi connectivity index (χ4n) is 3.43. The minimum Gasteiger partial charge on any atom is -0.361 e. The Bertz CT molecular complexity index is 958. The van der Waals surface area contributed by atoms with Crippen molar-refractivity contribution in [2.75, 3.05) is 6.54 Å². The van der Waals surface area contributed by atoms with Crippen LogP contribution in [-0.2, 0) is 19.5 Å². The van der Waals surface area contributed by atoms with Crippen molar-refractivity contribution in [3.63, 3.8) is 0 Å². The summed E-state index contributed by atoms with van der Waals surface area (Å²) in [6.45, 7) is 6.54. The van der Waals surface area contributed by atoms with Gasteiger partial charge in [-0.15, -0.1) is 0 Å². The Hall–Kier alpha value is -2.73. The van der Waals surface area contributed by atoms with Crippen LogP contribution >= 0.6 is 0 Å². The highest BCUT2D eigenvalue weighted by molar-refractivity contribution is 5.54. The molecule has 0 aliphatic carbocycles. The fraction of sp³-hybridized carbons (Fsp3) is 0.316. The van der Waals surface area contributed by atoms with Crippen LogP contribution in [0.4, 0.5) is 0 Å². The first-order valence-electron chi connectivity index (χ1n) is 8.50. The minimum absolute atomic E-state index is 0.0408. The maximum absolute atomic E-state index is 12.6. The smallest absolute Gasteiger partial charge is 0.255 e. The summed E-state index contributed by atoms with van der Waals surface area (Å²) in [4.78, 5) is 29.9. The molecule has 25 heavy (non-hydrogen) atoms. The lowest BCUT2D eigenvalue weighted by Crippen LogP contribution is -2.35. The first-order valence-corrected chi connectivity index (χ1v) is 8.50. The Kier molecular flexibility index (Phi) is 3.97. The molecule has 0 spiro atoms. The van der Waals surface area contributed by atoms with Crippen molar-refractivity contribution < 1.29 is 0 Å². The largest absolute Gasteiger partial charge is 0.361 e. The van der Waals surface area contributed by atoms with Gasteiger partial charge in [-0.3, -0.25) is 14.7 Å². The maximum atomic E-state index is 12.6. The number of hydrogen-bond donors (Lipinski definition) is 2. The molecule has 4 heterocycles. The predicted molar refractivity (Wildman–Crippen MR) is 96.2 cm³/mol. The lowest BCUT2D eigenvalue weighted by Gasteiger charge is -2.27. The van der Waals surface area contributed by atoms with Crippen LogP contribution in [0.1, 0.15) is 28.2 Å². The zero-order valence-electron chi connectivity index (χ0n) is 14.5. The van der Waals surface area contributed by atoms with Gasteiger partial charge in [-0.05, 0) is 37.6 Å². The highest BCUT2D eigenvalue weighted by atomic mass is 16.1. The van der Waals surface area contributed by atoms with Gasteiger partial charge in [0.1, 0.15) is 5.82 Å². The highest BCUT2D eigenvalue weighted by Gasteiger charge is 2.22. The van der Waals surface area contributed by atoms with E-state index in [1.807, 2.05) is 12.1 Å². The lowest BCUT2D eigenvalue weighted by molar-refractivity contribution is 0.239. The molecule has 6 heteroatoms. The molecule has 3 aromatic rings. The molecular formula is C19H21N5O. The molecule has 0 unspecified atom stereocenters. The number of fused-ring (bicyclic) bond motifs is 1. The van der Waals surface area contributed by atoms with Crippen molar-refractivity contribution in [1.82, 2.24) is 24.8 Å². The molecule has 2 N–H and O–H groups in total. The molecule has 6 nitrogen and oxygen atoms in total. The lowest BCUT2D eigenvalue weighted by atomic mass is 10.1. The number of nitrogens with zero attached hydrogens (tertiary/aromatic N) is 3. The Morgan fingerprint density at radius 3 is 2.72 bits per heavy atom. The molecule has 0 fully saturated rings. The first-order chi connectivity index (χ1) is 12.1. The van der Waals surface area contributed by atoms with E-state index in [0.29, 0.717) is 12.4 Å². The Balaban J connectivity index is 1.59. The highest BCUT2D eigenvalue weighted by Crippen LogP contribution is 2.20. The number of pyridine rings is 1. The quantitative estimate of drug-likeness (QED) is 0.770. The molecule has 1 aliphatic heterocycles. The van der Waals surface area contributed by atoms with E-state index in [1.54, 1.807) is 12.4 Å². The van der Waals surface area contributed by atoms with E-state index in [1.165, 1.54) is 17.0 Å². The van der Waals surface area contributed by atoms with Gasteiger partial charge in [0.25, 0.3) is 5.56 Å². The Morgan fingerprint density at radius 1 is 1.20 bits per heavy atom. The van der Waals surface area contributed by atoms with Crippen molar-refractivity contribution in [1.29, 1.82) is 0 Å². The number of H-pyrrole nitrogens is 2. The van der Waals surface area contributed by atoms with Crippen molar-refractivity contribution in [3.8, 4) is 11.4 Å². The number of hydrogen-bond acceptors (Lipinski definition) is 4. The van der Waals surface area contributed by atoms with Gasteiger partial charge >= 0.3 is 0 Å². The number of aromatic nitrogens is 4. The number of rotatable bonds is 3. The molecule has 0 bridgehead atoms. The number of aryl methyl sites for hydroxylation is 2. The summed E-state index contributed by atoms with van der Waals surface area (Å²) in [5, 5.41) is 0. The molecular weight excluding hydrogens is 314 g/mol. The van der Waals surface area contributed by atoms with Gasteiger partial charge in [0.05, 0.1) is 11.3 Å². The molecule has 0 radical (unpaired) electrons. The van der Waals surface area contributed by atoms with Gasteiger partial charge in [0.15, 0.2) is 0 Å². The summed E-state index contributed by atoms with van der Waals surface area (Å²) < 4.78 is 0. The summed E-state index contributed by atoms with van der Waals surface area (Å²) >= 11 is 0. The van der Waals surface area contributed by atoms with Crippen LogP contribution in [0.2, 0.25) is 0 Å². The van der Waals surface area contributed by atoms with E-state index < -0.39 is 0 Å². The zero-order valence-corrected chi connectivity index (χ0v) is 14.5. The topological polar surface area (TPSA) is 77.7 Å². The summed E-state index contributed by atoms with van der Waals surface area (Å²) in [6, 6.07) is 5.87. The monoisotopic (exact) mass is 335 g/mol. The summed E-state index contributed by atoms with van der Waals surface area (Å²) in [6.07, 6.45) is 4.20. The van der Waals surface area contributed by atoms with E-state index in [9.17, 15) is 4.79 Å².